The fourth-order valence-electron chi connectivity index (χ4n) is 1.71. The van der Waals surface area contributed by atoms with Crippen LogP contribution in [0.1, 0.15) is 11.5 Å². The minimum atomic E-state index is -0.190. The van der Waals surface area contributed by atoms with Crippen molar-refractivity contribution in [2.45, 2.75) is 13.5 Å². The largest absolute Gasteiger partial charge is 0.383 e. The minimum Gasteiger partial charge on any atom is -0.383 e. The van der Waals surface area contributed by atoms with E-state index in [9.17, 15) is 4.79 Å². The Bertz CT molecular complexity index is 679. The Labute approximate surface area is 110 Å². The van der Waals surface area contributed by atoms with Gasteiger partial charge in [0, 0.05) is 19.4 Å². The first-order chi connectivity index (χ1) is 9.15. The minimum absolute atomic E-state index is 0.190. The Hall–Kier alpha value is -2.39. The molecule has 0 unspecified atom stereocenters. The van der Waals surface area contributed by atoms with E-state index in [0.717, 1.165) is 0 Å². The fraction of sp³-hybridized carbons (Fsp3) is 0.308. The predicted octanol–water partition coefficient (Wildman–Crippen LogP) is 0.365. The maximum atomic E-state index is 11.9. The molecule has 0 aliphatic rings. The molecule has 19 heavy (non-hydrogen) atoms. The van der Waals surface area contributed by atoms with Crippen LogP contribution in [0.15, 0.2) is 23.3 Å². The average Bonchev–Trinajstić information content (AvgIpc) is 2.78. The van der Waals surface area contributed by atoms with Crippen LogP contribution in [-0.4, -0.2) is 33.0 Å². The number of nitrogens with zero attached hydrogens (tertiary/aromatic N) is 4. The highest BCUT2D eigenvalue weighted by atomic mass is 16.5. The molecule has 0 fully saturated rings. The molecule has 2 aromatic rings. The van der Waals surface area contributed by atoms with E-state index in [4.69, 9.17) is 11.2 Å². The third-order valence-corrected chi connectivity index (χ3v) is 2.67. The van der Waals surface area contributed by atoms with E-state index >= 15 is 0 Å². The Morgan fingerprint density at radius 1 is 1.53 bits per heavy atom. The smallest absolute Gasteiger partial charge is 0.268 e. The summed E-state index contributed by atoms with van der Waals surface area (Å²) in [7, 11) is 1.58. The van der Waals surface area contributed by atoms with Crippen LogP contribution in [0.2, 0.25) is 0 Å². The molecule has 2 rings (SSSR count). The number of ether oxygens (including phenoxy) is 1. The second-order valence-corrected chi connectivity index (χ2v) is 3.96. The first-order valence-corrected chi connectivity index (χ1v) is 5.75. The molecular formula is C13H14N4O2. The summed E-state index contributed by atoms with van der Waals surface area (Å²) in [6.07, 6.45) is 8.60. The van der Waals surface area contributed by atoms with Crippen LogP contribution in [0, 0.1) is 19.3 Å². The van der Waals surface area contributed by atoms with Crippen molar-refractivity contribution in [1.82, 2.24) is 19.3 Å². The number of rotatable bonds is 4. The first kappa shape index (κ1) is 13.1. The van der Waals surface area contributed by atoms with Gasteiger partial charge >= 0.3 is 0 Å². The van der Waals surface area contributed by atoms with Gasteiger partial charge in [0.2, 0.25) is 0 Å². The molecule has 98 valence electrons. The zero-order valence-electron chi connectivity index (χ0n) is 10.8. The lowest BCUT2D eigenvalue weighted by molar-refractivity contribution is 0.182. The number of hydrogen-bond donors (Lipinski definition) is 0. The van der Waals surface area contributed by atoms with Gasteiger partial charge < -0.3 is 9.30 Å². The molecule has 2 heterocycles. The highest BCUT2D eigenvalue weighted by molar-refractivity contribution is 5.33. The summed E-state index contributed by atoms with van der Waals surface area (Å²) in [5.41, 5.74) is 0.983. The lowest BCUT2D eigenvalue weighted by atomic mass is 10.4. The first-order valence-electron chi connectivity index (χ1n) is 5.75. The number of imidazole rings is 1. The maximum absolute atomic E-state index is 11.9. The average molecular weight is 258 g/mol. The van der Waals surface area contributed by atoms with E-state index in [2.05, 4.69) is 16.0 Å². The van der Waals surface area contributed by atoms with Gasteiger partial charge in [-0.1, -0.05) is 0 Å². The summed E-state index contributed by atoms with van der Waals surface area (Å²) in [5.74, 6) is 3.17. The van der Waals surface area contributed by atoms with Crippen LogP contribution in [0.3, 0.4) is 0 Å². The number of methoxy groups -OCH3 is 1. The molecule has 0 aliphatic heterocycles. The van der Waals surface area contributed by atoms with Gasteiger partial charge in [-0.25, -0.2) is 9.67 Å². The van der Waals surface area contributed by atoms with E-state index in [-0.39, 0.29) is 5.56 Å². The molecule has 0 N–H and O–H groups in total. The SMILES string of the molecule is C#Cc1cn(-c2cnn(CCOC)c(=O)c2)c(C)n1. The van der Waals surface area contributed by atoms with E-state index in [1.54, 1.807) is 24.1 Å². The summed E-state index contributed by atoms with van der Waals surface area (Å²) in [6.45, 7) is 2.68. The number of hydrogen-bond acceptors (Lipinski definition) is 4. The normalized spacial score (nSPS) is 10.4. The van der Waals surface area contributed by atoms with Gasteiger partial charge in [0.1, 0.15) is 11.5 Å². The van der Waals surface area contributed by atoms with Crippen LogP contribution < -0.4 is 5.56 Å². The number of terminal acetylenes is 1. The third-order valence-electron chi connectivity index (χ3n) is 2.67. The molecule has 0 saturated carbocycles. The molecule has 6 nitrogen and oxygen atoms in total. The quantitative estimate of drug-likeness (QED) is 0.743. The van der Waals surface area contributed by atoms with Crippen molar-refractivity contribution in [3.05, 3.63) is 40.3 Å². The van der Waals surface area contributed by atoms with Crippen LogP contribution in [0.5, 0.6) is 0 Å². The Balaban J connectivity index is 2.36. The monoisotopic (exact) mass is 258 g/mol. The fourth-order valence-corrected chi connectivity index (χ4v) is 1.71. The Kier molecular flexibility index (Phi) is 3.78. The van der Waals surface area contributed by atoms with Crippen LogP contribution >= 0.6 is 0 Å². The maximum Gasteiger partial charge on any atom is 0.268 e. The van der Waals surface area contributed by atoms with Gasteiger partial charge in [0.05, 0.1) is 25.0 Å². The molecule has 0 atom stereocenters. The lowest BCUT2D eigenvalue weighted by Gasteiger charge is -2.06. The summed E-state index contributed by atoms with van der Waals surface area (Å²) in [4.78, 5) is 16.1. The van der Waals surface area contributed by atoms with E-state index < -0.39 is 0 Å². The molecule has 0 saturated heterocycles. The predicted molar refractivity (Wildman–Crippen MR) is 70.2 cm³/mol. The third kappa shape index (κ3) is 2.72. The van der Waals surface area contributed by atoms with Crippen molar-refractivity contribution >= 4 is 0 Å². The lowest BCUT2D eigenvalue weighted by Crippen LogP contribution is -2.24. The molecule has 0 spiro atoms. The van der Waals surface area contributed by atoms with Gasteiger partial charge in [-0.15, -0.1) is 6.42 Å². The standard InChI is InChI=1S/C13H14N4O2/c1-4-11-9-16(10(2)15-11)12-7-13(18)17(14-8-12)5-6-19-3/h1,7-9H,5-6H2,2-3H3. The summed E-state index contributed by atoms with van der Waals surface area (Å²) >= 11 is 0. The van der Waals surface area contributed by atoms with Crippen LogP contribution in [-0.2, 0) is 11.3 Å². The number of aryl methyl sites for hydroxylation is 1. The Morgan fingerprint density at radius 3 is 2.89 bits per heavy atom. The van der Waals surface area contributed by atoms with Crippen molar-refractivity contribution in [2.75, 3.05) is 13.7 Å². The molecule has 0 aliphatic carbocycles. The van der Waals surface area contributed by atoms with Gasteiger partial charge in [-0.05, 0) is 12.8 Å². The second-order valence-electron chi connectivity index (χ2n) is 3.96. The number of aromatic nitrogens is 4. The highest BCUT2D eigenvalue weighted by Crippen LogP contribution is 2.08. The molecule has 0 radical (unpaired) electrons. The Morgan fingerprint density at radius 2 is 2.32 bits per heavy atom. The van der Waals surface area contributed by atoms with Gasteiger partial charge in [0.25, 0.3) is 5.56 Å². The van der Waals surface area contributed by atoms with Gasteiger partial charge in [0.15, 0.2) is 0 Å². The highest BCUT2D eigenvalue weighted by Gasteiger charge is 2.07. The van der Waals surface area contributed by atoms with Crippen LogP contribution in [0.4, 0.5) is 0 Å². The zero-order chi connectivity index (χ0) is 13.8. The molecular weight excluding hydrogens is 244 g/mol. The van der Waals surface area contributed by atoms with Gasteiger partial charge in [-0.2, -0.15) is 5.10 Å². The topological polar surface area (TPSA) is 61.9 Å². The van der Waals surface area contributed by atoms with Crippen molar-refractivity contribution in [3.8, 4) is 18.0 Å². The van der Waals surface area contributed by atoms with E-state index in [1.807, 2.05) is 6.92 Å². The molecule has 0 aromatic carbocycles. The van der Waals surface area contributed by atoms with E-state index in [0.29, 0.717) is 30.4 Å². The van der Waals surface area contributed by atoms with Crippen molar-refractivity contribution in [2.24, 2.45) is 0 Å². The zero-order valence-corrected chi connectivity index (χ0v) is 10.8. The second kappa shape index (κ2) is 5.50. The molecule has 2 aromatic heterocycles. The van der Waals surface area contributed by atoms with Crippen LogP contribution in [0.25, 0.3) is 5.69 Å². The molecule has 0 bridgehead atoms. The van der Waals surface area contributed by atoms with E-state index in [1.165, 1.54) is 10.7 Å². The molecule has 0 amide bonds. The summed E-state index contributed by atoms with van der Waals surface area (Å²) in [5, 5.41) is 4.09. The van der Waals surface area contributed by atoms with Crippen molar-refractivity contribution in [3.63, 3.8) is 0 Å². The van der Waals surface area contributed by atoms with Crippen molar-refractivity contribution in [1.29, 1.82) is 0 Å². The summed E-state index contributed by atoms with van der Waals surface area (Å²) < 4.78 is 8.00. The van der Waals surface area contributed by atoms with Crippen molar-refractivity contribution < 1.29 is 4.74 Å². The van der Waals surface area contributed by atoms with Gasteiger partial charge in [-0.3, -0.25) is 4.79 Å². The summed E-state index contributed by atoms with van der Waals surface area (Å²) in [6, 6.07) is 1.50. The molecule has 6 heteroatoms.